The Morgan fingerprint density at radius 3 is 2.40 bits per heavy atom. The second-order valence-corrected chi connectivity index (χ2v) is 4.76. The fourth-order valence-electron chi connectivity index (χ4n) is 2.27. The lowest BCUT2D eigenvalue weighted by Gasteiger charge is -2.36. The van der Waals surface area contributed by atoms with Crippen LogP contribution in [-0.2, 0) is 4.79 Å². The number of hydrogen-bond acceptors (Lipinski definition) is 3. The maximum atomic E-state index is 11.4. The highest BCUT2D eigenvalue weighted by atomic mass is 16.2. The van der Waals surface area contributed by atoms with Gasteiger partial charge in [-0.3, -0.25) is 15.1 Å². The summed E-state index contributed by atoms with van der Waals surface area (Å²) in [6.45, 7) is 4.20. The van der Waals surface area contributed by atoms with Gasteiger partial charge in [-0.05, 0) is 45.6 Å². The average Bonchev–Trinajstić information content (AvgIpc) is 2.27. The number of likely N-dealkylation sites (N-methyl/N-ethyl adjacent to an activating group) is 1. The molecular weight excluding hydrogens is 190 g/mol. The maximum absolute atomic E-state index is 11.4. The van der Waals surface area contributed by atoms with Crippen LogP contribution in [0.4, 0.5) is 0 Å². The molecule has 1 unspecified atom stereocenters. The molecule has 1 aliphatic rings. The molecule has 1 atom stereocenters. The summed E-state index contributed by atoms with van der Waals surface area (Å²) < 4.78 is 0. The van der Waals surface area contributed by atoms with Crippen LogP contribution < -0.4 is 11.3 Å². The van der Waals surface area contributed by atoms with Crippen LogP contribution in [0.2, 0.25) is 0 Å². The van der Waals surface area contributed by atoms with Crippen LogP contribution in [0, 0.1) is 5.92 Å². The number of nitrogens with one attached hydrogen (secondary N) is 1. The molecule has 3 N–H and O–H groups in total. The summed E-state index contributed by atoms with van der Waals surface area (Å²) in [5.74, 6) is 5.88. The van der Waals surface area contributed by atoms with Gasteiger partial charge in [0, 0.05) is 6.04 Å². The molecule has 1 amide bonds. The fraction of sp³-hybridized carbons (Fsp3) is 0.909. The topological polar surface area (TPSA) is 58.4 Å². The van der Waals surface area contributed by atoms with E-state index in [2.05, 4.69) is 17.2 Å². The molecule has 0 spiro atoms. The number of amides is 1. The highest BCUT2D eigenvalue weighted by Gasteiger charge is 2.27. The van der Waals surface area contributed by atoms with Crippen molar-refractivity contribution in [1.29, 1.82) is 0 Å². The molecule has 0 heterocycles. The van der Waals surface area contributed by atoms with Crippen molar-refractivity contribution in [1.82, 2.24) is 10.3 Å². The highest BCUT2D eigenvalue weighted by Crippen LogP contribution is 2.27. The zero-order valence-electron chi connectivity index (χ0n) is 9.99. The second-order valence-electron chi connectivity index (χ2n) is 4.76. The van der Waals surface area contributed by atoms with E-state index < -0.39 is 0 Å². The molecule has 0 aromatic heterocycles. The van der Waals surface area contributed by atoms with Crippen LogP contribution in [0.25, 0.3) is 0 Å². The normalized spacial score (nSPS) is 28.9. The summed E-state index contributed by atoms with van der Waals surface area (Å²) in [6, 6.07) is 0.405. The molecule has 88 valence electrons. The average molecular weight is 213 g/mol. The summed E-state index contributed by atoms with van der Waals surface area (Å²) in [6.07, 6.45) is 4.93. The van der Waals surface area contributed by atoms with Gasteiger partial charge in [0.05, 0.1) is 6.04 Å². The first kappa shape index (κ1) is 12.5. The Morgan fingerprint density at radius 1 is 1.40 bits per heavy atom. The number of nitrogens with zero attached hydrogens (tertiary/aromatic N) is 1. The van der Waals surface area contributed by atoms with Gasteiger partial charge in [0.25, 0.3) is 5.91 Å². The number of carbonyl (C=O) groups is 1. The molecule has 0 saturated heterocycles. The van der Waals surface area contributed by atoms with Crippen molar-refractivity contribution in [3.05, 3.63) is 0 Å². The quantitative estimate of drug-likeness (QED) is 0.415. The second kappa shape index (κ2) is 5.47. The first-order valence-corrected chi connectivity index (χ1v) is 5.78. The molecule has 0 bridgehead atoms. The Kier molecular flexibility index (Phi) is 4.54. The Labute approximate surface area is 92.2 Å². The van der Waals surface area contributed by atoms with Crippen molar-refractivity contribution >= 4 is 5.91 Å². The number of hydrogen-bond donors (Lipinski definition) is 2. The molecule has 1 aliphatic carbocycles. The van der Waals surface area contributed by atoms with Gasteiger partial charge in [-0.15, -0.1) is 0 Å². The van der Waals surface area contributed by atoms with Crippen LogP contribution in [0.5, 0.6) is 0 Å². The molecule has 1 fully saturated rings. The van der Waals surface area contributed by atoms with Gasteiger partial charge < -0.3 is 0 Å². The van der Waals surface area contributed by atoms with Crippen LogP contribution in [0.3, 0.4) is 0 Å². The van der Waals surface area contributed by atoms with Crippen LogP contribution in [-0.4, -0.2) is 29.9 Å². The molecule has 0 aliphatic heterocycles. The molecule has 0 radical (unpaired) electrons. The number of rotatable bonds is 3. The summed E-state index contributed by atoms with van der Waals surface area (Å²) in [5, 5.41) is 0. The first-order chi connectivity index (χ1) is 7.06. The zero-order valence-corrected chi connectivity index (χ0v) is 9.99. The number of carbonyl (C=O) groups excluding carboxylic acids is 1. The van der Waals surface area contributed by atoms with E-state index >= 15 is 0 Å². The molecule has 1 rings (SSSR count). The van der Waals surface area contributed by atoms with E-state index in [4.69, 9.17) is 5.84 Å². The maximum Gasteiger partial charge on any atom is 0.250 e. The molecule has 15 heavy (non-hydrogen) atoms. The largest absolute Gasteiger partial charge is 0.293 e. The van der Waals surface area contributed by atoms with Crippen LogP contribution in [0.15, 0.2) is 0 Å². The van der Waals surface area contributed by atoms with Crippen molar-refractivity contribution in [2.24, 2.45) is 11.8 Å². The molecule has 1 saturated carbocycles. The Hall–Kier alpha value is -0.610. The van der Waals surface area contributed by atoms with E-state index in [1.807, 2.05) is 14.0 Å². The fourth-order valence-corrected chi connectivity index (χ4v) is 2.27. The third-order valence-electron chi connectivity index (χ3n) is 3.69. The van der Waals surface area contributed by atoms with E-state index in [0.29, 0.717) is 6.04 Å². The van der Waals surface area contributed by atoms with E-state index in [1.54, 1.807) is 0 Å². The van der Waals surface area contributed by atoms with Crippen molar-refractivity contribution in [3.8, 4) is 0 Å². The zero-order chi connectivity index (χ0) is 11.4. The smallest absolute Gasteiger partial charge is 0.250 e. The molecule has 0 aromatic carbocycles. The van der Waals surface area contributed by atoms with Crippen molar-refractivity contribution in [2.75, 3.05) is 7.05 Å². The standard InChI is InChI=1S/C11H23N3O/c1-8-4-6-10(7-5-8)14(3)9(2)11(15)13-12/h8-10H,4-7,12H2,1-3H3,(H,13,15). The summed E-state index contributed by atoms with van der Waals surface area (Å²) in [4.78, 5) is 13.5. The van der Waals surface area contributed by atoms with Crippen molar-refractivity contribution in [2.45, 2.75) is 51.6 Å². The third kappa shape index (κ3) is 3.18. The molecule has 4 heteroatoms. The van der Waals surface area contributed by atoms with E-state index in [1.165, 1.54) is 25.7 Å². The Morgan fingerprint density at radius 2 is 1.93 bits per heavy atom. The van der Waals surface area contributed by atoms with Gasteiger partial charge in [-0.25, -0.2) is 5.84 Å². The summed E-state index contributed by atoms with van der Waals surface area (Å²) in [7, 11) is 2.01. The van der Waals surface area contributed by atoms with Crippen molar-refractivity contribution < 1.29 is 4.79 Å². The van der Waals surface area contributed by atoms with E-state index in [0.717, 1.165) is 5.92 Å². The molecular formula is C11H23N3O. The van der Waals surface area contributed by atoms with Gasteiger partial charge in [0.1, 0.15) is 0 Å². The van der Waals surface area contributed by atoms with E-state index in [9.17, 15) is 4.79 Å². The van der Waals surface area contributed by atoms with Gasteiger partial charge in [-0.1, -0.05) is 6.92 Å². The minimum Gasteiger partial charge on any atom is -0.293 e. The van der Waals surface area contributed by atoms with Crippen LogP contribution >= 0.6 is 0 Å². The SMILES string of the molecule is CC1CCC(N(C)C(C)C(=O)NN)CC1. The van der Waals surface area contributed by atoms with Gasteiger partial charge in [0.15, 0.2) is 0 Å². The minimum absolute atomic E-state index is 0.101. The first-order valence-electron chi connectivity index (χ1n) is 5.78. The predicted molar refractivity (Wildman–Crippen MR) is 61.0 cm³/mol. The third-order valence-corrected chi connectivity index (χ3v) is 3.69. The predicted octanol–water partition coefficient (Wildman–Crippen LogP) is 0.875. The summed E-state index contributed by atoms with van der Waals surface area (Å²) >= 11 is 0. The lowest BCUT2D eigenvalue weighted by molar-refractivity contribution is -0.126. The number of nitrogens with two attached hydrogens (primary N) is 1. The molecule has 0 aromatic rings. The highest BCUT2D eigenvalue weighted by molar-refractivity contribution is 5.80. The minimum atomic E-state index is -0.131. The Bertz CT molecular complexity index is 212. The van der Waals surface area contributed by atoms with Gasteiger partial charge >= 0.3 is 0 Å². The van der Waals surface area contributed by atoms with Gasteiger partial charge in [0.2, 0.25) is 0 Å². The van der Waals surface area contributed by atoms with E-state index in [-0.39, 0.29) is 11.9 Å². The van der Waals surface area contributed by atoms with Crippen LogP contribution in [0.1, 0.15) is 39.5 Å². The van der Waals surface area contributed by atoms with Crippen molar-refractivity contribution in [3.63, 3.8) is 0 Å². The lowest BCUT2D eigenvalue weighted by Crippen LogP contribution is -2.50. The lowest BCUT2D eigenvalue weighted by atomic mass is 9.86. The number of hydrazine groups is 1. The Balaban J connectivity index is 2.45. The molecule has 4 nitrogen and oxygen atoms in total. The monoisotopic (exact) mass is 213 g/mol. The van der Waals surface area contributed by atoms with Gasteiger partial charge in [-0.2, -0.15) is 0 Å². The summed E-state index contributed by atoms with van der Waals surface area (Å²) in [5.41, 5.74) is 2.21.